The van der Waals surface area contributed by atoms with Crippen LogP contribution in [0.4, 0.5) is 34.0 Å². The fraction of sp³-hybridized carbons (Fsp3) is 0.231. The summed E-state index contributed by atoms with van der Waals surface area (Å²) < 4.78 is 85.2. The summed E-state index contributed by atoms with van der Waals surface area (Å²) in [7, 11) is -2.53. The first-order valence-corrected chi connectivity index (χ1v) is 15.3. The van der Waals surface area contributed by atoms with Gasteiger partial charge in [-0.1, -0.05) is 12.1 Å². The number of aromatic amines is 1. The van der Waals surface area contributed by atoms with Gasteiger partial charge in [-0.3, -0.25) is 4.72 Å². The van der Waals surface area contributed by atoms with E-state index in [0.717, 1.165) is 30.5 Å². The predicted octanol–water partition coefficient (Wildman–Crippen LogP) is 5.49. The van der Waals surface area contributed by atoms with E-state index in [1.165, 1.54) is 31.5 Å². The molecule has 0 bridgehead atoms. The van der Waals surface area contributed by atoms with Crippen LogP contribution < -0.4 is 15.4 Å². The van der Waals surface area contributed by atoms with Crippen LogP contribution in [-0.2, 0) is 20.9 Å². The van der Waals surface area contributed by atoms with Crippen molar-refractivity contribution in [3.8, 4) is 34.0 Å². The Morgan fingerprint density at radius 3 is 2.47 bits per heavy atom. The van der Waals surface area contributed by atoms with Crippen molar-refractivity contribution in [2.45, 2.75) is 19.1 Å². The first-order valence-electron chi connectivity index (χ1n) is 12.3. The molecular weight excluding hydrogens is 709 g/mol. The number of sulfonamides is 1. The Kier molecular flexibility index (Phi) is 9.43. The number of benzene rings is 2. The Labute approximate surface area is 257 Å². The van der Waals surface area contributed by atoms with Crippen molar-refractivity contribution in [1.29, 1.82) is 0 Å². The predicted molar refractivity (Wildman–Crippen MR) is 160 cm³/mol. The molecule has 0 aliphatic rings. The zero-order valence-corrected chi connectivity index (χ0v) is 25.6. The molecule has 0 radical (unpaired) electrons. The number of methoxy groups -OCH3 is 1. The second-order valence-electron chi connectivity index (χ2n) is 9.26. The van der Waals surface area contributed by atoms with Gasteiger partial charge in [-0.15, -0.1) is 0 Å². The van der Waals surface area contributed by atoms with Crippen LogP contribution in [0.3, 0.4) is 0 Å². The number of carbonyl (C=O) groups excluding carboxylic acids is 1. The number of rotatable bonds is 9. The van der Waals surface area contributed by atoms with Crippen molar-refractivity contribution in [3.63, 3.8) is 0 Å². The van der Waals surface area contributed by atoms with Gasteiger partial charge in [-0.05, 0) is 59.8 Å². The van der Waals surface area contributed by atoms with Gasteiger partial charge in [-0.25, -0.2) is 32.6 Å². The Balaban J connectivity index is 1.81. The molecule has 0 aliphatic heterocycles. The van der Waals surface area contributed by atoms with E-state index >= 15 is 0 Å². The molecule has 11 nitrogen and oxygen atoms in total. The second kappa shape index (κ2) is 12.7. The molecular formula is C26H24F4IN7O4S. The number of ether oxygens (including phenoxy) is 1. The topological polar surface area (TPSA) is 151 Å². The minimum atomic E-state index is -4.53. The van der Waals surface area contributed by atoms with Crippen molar-refractivity contribution in [2.75, 3.05) is 29.9 Å². The normalized spacial score (nSPS) is 12.5. The van der Waals surface area contributed by atoms with Gasteiger partial charge in [0.15, 0.2) is 0 Å². The van der Waals surface area contributed by atoms with Crippen molar-refractivity contribution < 1.29 is 35.5 Å². The molecule has 4 rings (SSSR count). The number of alkyl carbamates (subject to hydrolysis) is 1. The number of anilines is 2. The smallest absolute Gasteiger partial charge is 0.416 e. The van der Waals surface area contributed by atoms with E-state index in [-0.39, 0.29) is 52.7 Å². The number of amides is 1. The van der Waals surface area contributed by atoms with Gasteiger partial charge in [0.2, 0.25) is 16.0 Å². The van der Waals surface area contributed by atoms with Crippen LogP contribution in [0, 0.1) is 9.39 Å². The van der Waals surface area contributed by atoms with Crippen molar-refractivity contribution in [2.24, 2.45) is 0 Å². The largest absolute Gasteiger partial charge is 0.453 e. The highest BCUT2D eigenvalue weighted by Crippen LogP contribution is 2.38. The number of halogens is 5. The quantitative estimate of drug-likeness (QED) is 0.130. The van der Waals surface area contributed by atoms with E-state index in [9.17, 15) is 30.8 Å². The molecule has 0 saturated carbocycles. The fourth-order valence-electron chi connectivity index (χ4n) is 3.88. The van der Waals surface area contributed by atoms with E-state index in [1.54, 1.807) is 6.92 Å². The molecule has 43 heavy (non-hydrogen) atoms. The third kappa shape index (κ3) is 8.09. The van der Waals surface area contributed by atoms with Crippen LogP contribution in [0.25, 0.3) is 34.0 Å². The summed E-state index contributed by atoms with van der Waals surface area (Å²) in [6, 6.07) is 7.66. The molecule has 0 saturated heterocycles. The van der Waals surface area contributed by atoms with E-state index < -0.39 is 33.7 Å². The third-order valence-corrected chi connectivity index (χ3v) is 7.56. The number of aromatic nitrogens is 4. The summed E-state index contributed by atoms with van der Waals surface area (Å²) in [6.45, 7) is 1.96. The van der Waals surface area contributed by atoms with Gasteiger partial charge in [-0.2, -0.15) is 13.2 Å². The summed E-state index contributed by atoms with van der Waals surface area (Å²) in [5.41, 5.74) is 0.318. The van der Waals surface area contributed by atoms with Crippen LogP contribution in [0.15, 0.2) is 48.7 Å². The Morgan fingerprint density at radius 2 is 1.84 bits per heavy atom. The van der Waals surface area contributed by atoms with E-state index in [1.807, 2.05) is 22.6 Å². The number of alkyl halides is 3. The molecule has 228 valence electrons. The lowest BCUT2D eigenvalue weighted by atomic mass is 10.1. The lowest BCUT2D eigenvalue weighted by Gasteiger charge is -2.14. The first kappa shape index (κ1) is 31.9. The van der Waals surface area contributed by atoms with Gasteiger partial charge in [0.1, 0.15) is 11.6 Å². The van der Waals surface area contributed by atoms with Gasteiger partial charge in [0, 0.05) is 33.5 Å². The highest BCUT2D eigenvalue weighted by atomic mass is 127. The Hall–Kier alpha value is -4.00. The number of hydrogen-bond acceptors (Lipinski definition) is 8. The van der Waals surface area contributed by atoms with Gasteiger partial charge in [0.25, 0.3) is 0 Å². The number of nitrogens with one attached hydrogen (secondary N) is 4. The molecule has 2 heterocycles. The molecule has 2 aromatic carbocycles. The summed E-state index contributed by atoms with van der Waals surface area (Å²) in [6.07, 6.45) is -2.78. The van der Waals surface area contributed by atoms with Crippen LogP contribution in [0.2, 0.25) is 0 Å². The number of nitrogens with zero attached hydrogens (tertiary/aromatic N) is 3. The molecule has 2 aromatic heterocycles. The fourth-order valence-corrected chi connectivity index (χ4v) is 5.33. The van der Waals surface area contributed by atoms with E-state index in [2.05, 4.69) is 40.0 Å². The van der Waals surface area contributed by atoms with Gasteiger partial charge >= 0.3 is 12.3 Å². The van der Waals surface area contributed by atoms with Gasteiger partial charge in [0.05, 0.1) is 41.7 Å². The van der Waals surface area contributed by atoms with Gasteiger partial charge < -0.3 is 20.4 Å². The SMILES string of the molecule is COC(=O)N[C@@H](C)CNc1nccc(-c2[nH]c(-c3ccc(C(F)(F)F)cc3)nc2-c2cc(F)cc(NS(C)(=O)=O)c2I)n1. The monoisotopic (exact) mass is 733 g/mol. The van der Waals surface area contributed by atoms with Crippen molar-refractivity contribution in [3.05, 3.63) is 63.6 Å². The molecule has 1 amide bonds. The molecule has 4 N–H and O–H groups in total. The molecule has 0 unspecified atom stereocenters. The van der Waals surface area contributed by atoms with Crippen LogP contribution in [0.1, 0.15) is 12.5 Å². The van der Waals surface area contributed by atoms with E-state index in [4.69, 9.17) is 0 Å². The summed E-state index contributed by atoms with van der Waals surface area (Å²) in [4.78, 5) is 27.8. The average Bonchev–Trinajstić information content (AvgIpc) is 3.38. The minimum absolute atomic E-state index is 0.0275. The lowest BCUT2D eigenvalue weighted by Crippen LogP contribution is -2.37. The maximum absolute atomic E-state index is 14.8. The molecule has 0 aliphatic carbocycles. The zero-order valence-electron chi connectivity index (χ0n) is 22.7. The Bertz CT molecular complexity index is 1750. The third-order valence-electron chi connectivity index (χ3n) is 5.81. The van der Waals surface area contributed by atoms with Crippen LogP contribution in [-0.4, -0.2) is 60.4 Å². The zero-order chi connectivity index (χ0) is 31.5. The number of H-pyrrole nitrogens is 1. The number of carbonyl (C=O) groups is 1. The molecule has 1 atom stereocenters. The van der Waals surface area contributed by atoms with Crippen LogP contribution in [0.5, 0.6) is 0 Å². The molecule has 0 fully saturated rings. The maximum Gasteiger partial charge on any atom is 0.416 e. The van der Waals surface area contributed by atoms with Crippen LogP contribution >= 0.6 is 22.6 Å². The summed E-state index contributed by atoms with van der Waals surface area (Å²) in [5.74, 6) is -0.440. The van der Waals surface area contributed by atoms with Crippen molar-refractivity contribution >= 4 is 50.3 Å². The minimum Gasteiger partial charge on any atom is -0.453 e. The molecule has 4 aromatic rings. The lowest BCUT2D eigenvalue weighted by molar-refractivity contribution is -0.137. The Morgan fingerprint density at radius 1 is 1.14 bits per heavy atom. The average molecular weight is 733 g/mol. The second-order valence-corrected chi connectivity index (χ2v) is 12.1. The standard InChI is InChI=1S/C26H24F4IN7O4S/c1-13(34-25(39)42-2)12-33-24-32-9-8-18(35-24)22-21(17-10-16(27)11-19(20(17)31)38-43(3,40)41)36-23(37-22)14-4-6-15(7-5-14)26(28,29)30/h4-11,13,38H,12H2,1-3H3,(H,34,39)(H,36,37)(H,32,33,35)/t13-/m0/s1. The number of hydrogen-bond donors (Lipinski definition) is 4. The van der Waals surface area contributed by atoms with Crippen molar-refractivity contribution in [1.82, 2.24) is 25.3 Å². The van der Waals surface area contributed by atoms with E-state index in [0.29, 0.717) is 9.13 Å². The highest BCUT2D eigenvalue weighted by Gasteiger charge is 2.30. The first-order chi connectivity index (χ1) is 20.1. The highest BCUT2D eigenvalue weighted by molar-refractivity contribution is 14.1. The summed E-state index contributed by atoms with van der Waals surface area (Å²) >= 11 is 1.85. The molecule has 17 heteroatoms. The maximum atomic E-state index is 14.8. The molecule has 0 spiro atoms. The summed E-state index contributed by atoms with van der Waals surface area (Å²) in [5, 5.41) is 5.58. The number of imidazole rings is 1.